The fourth-order valence-corrected chi connectivity index (χ4v) is 4.58. The second kappa shape index (κ2) is 2.19. The molecule has 0 saturated heterocycles. The van der Waals surface area contributed by atoms with Gasteiger partial charge in [0.2, 0.25) is 0 Å². The van der Waals surface area contributed by atoms with E-state index in [1.165, 1.54) is 32.1 Å². The molecule has 3 unspecified atom stereocenters. The molecular formula is C10H16ClN. The highest BCUT2D eigenvalue weighted by molar-refractivity contribution is 6.24. The number of hydrogen-bond acceptors (Lipinski definition) is 1. The third-order valence-electron chi connectivity index (χ3n) is 4.27. The second-order valence-corrected chi connectivity index (χ2v) is 6.00. The van der Waals surface area contributed by atoms with Gasteiger partial charge in [0, 0.05) is 10.9 Å². The summed E-state index contributed by atoms with van der Waals surface area (Å²) in [6.07, 6.45) is 6.40. The van der Waals surface area contributed by atoms with Crippen LogP contribution >= 0.6 is 11.6 Å². The van der Waals surface area contributed by atoms with Gasteiger partial charge in [-0.05, 0) is 49.9 Å². The lowest BCUT2D eigenvalue weighted by Crippen LogP contribution is -2.57. The Hall–Kier alpha value is 0.250. The van der Waals surface area contributed by atoms with Gasteiger partial charge in [0.25, 0.3) is 0 Å². The zero-order valence-electron chi connectivity index (χ0n) is 7.30. The van der Waals surface area contributed by atoms with Crippen molar-refractivity contribution in [2.45, 2.75) is 43.0 Å². The standard InChI is InChI=1S/C10H16ClN/c11-10-3-6-1-7(4-10)9(12)8(2-6)5-10/h6-9H,1-5,12H2/t6?,7-,8+,9?,10?. The first-order valence-corrected chi connectivity index (χ1v) is 5.49. The fourth-order valence-electron chi connectivity index (χ4n) is 3.96. The normalized spacial score (nSPS) is 62.5. The molecule has 0 aliphatic heterocycles. The van der Waals surface area contributed by atoms with E-state index in [9.17, 15) is 0 Å². The van der Waals surface area contributed by atoms with Crippen LogP contribution in [0.2, 0.25) is 0 Å². The van der Waals surface area contributed by atoms with E-state index in [1.807, 2.05) is 0 Å². The van der Waals surface area contributed by atoms with Crippen molar-refractivity contribution in [2.75, 3.05) is 0 Å². The van der Waals surface area contributed by atoms with Crippen molar-refractivity contribution >= 4 is 11.6 Å². The van der Waals surface area contributed by atoms with Crippen molar-refractivity contribution in [1.82, 2.24) is 0 Å². The summed E-state index contributed by atoms with van der Waals surface area (Å²) >= 11 is 6.54. The zero-order chi connectivity index (χ0) is 8.34. The van der Waals surface area contributed by atoms with E-state index in [0.717, 1.165) is 17.8 Å². The van der Waals surface area contributed by atoms with Gasteiger partial charge >= 0.3 is 0 Å². The van der Waals surface area contributed by atoms with Gasteiger partial charge in [-0.3, -0.25) is 0 Å². The first-order valence-electron chi connectivity index (χ1n) is 5.11. The van der Waals surface area contributed by atoms with Gasteiger partial charge in [-0.1, -0.05) is 0 Å². The first-order chi connectivity index (χ1) is 5.66. The van der Waals surface area contributed by atoms with Gasteiger partial charge in [0.1, 0.15) is 0 Å². The first kappa shape index (κ1) is 7.64. The predicted octanol–water partition coefficient (Wildman–Crippen LogP) is 2.13. The van der Waals surface area contributed by atoms with Gasteiger partial charge in [-0.25, -0.2) is 0 Å². The molecule has 12 heavy (non-hydrogen) atoms. The van der Waals surface area contributed by atoms with Crippen LogP contribution in [0.15, 0.2) is 0 Å². The predicted molar refractivity (Wildman–Crippen MR) is 50.1 cm³/mol. The van der Waals surface area contributed by atoms with Crippen molar-refractivity contribution in [3.05, 3.63) is 0 Å². The number of rotatable bonds is 0. The van der Waals surface area contributed by atoms with Crippen LogP contribution in [0.1, 0.15) is 32.1 Å². The van der Waals surface area contributed by atoms with Gasteiger partial charge in [0.05, 0.1) is 0 Å². The molecule has 4 aliphatic rings. The molecule has 4 aliphatic carbocycles. The summed E-state index contributed by atoms with van der Waals surface area (Å²) in [4.78, 5) is 0.173. The number of hydrogen-bond donors (Lipinski definition) is 1. The molecule has 68 valence electrons. The summed E-state index contributed by atoms with van der Waals surface area (Å²) < 4.78 is 0. The van der Waals surface area contributed by atoms with Gasteiger partial charge in [0.15, 0.2) is 0 Å². The average molecular weight is 186 g/mol. The van der Waals surface area contributed by atoms with E-state index >= 15 is 0 Å². The van der Waals surface area contributed by atoms with E-state index in [-0.39, 0.29) is 4.87 Å². The van der Waals surface area contributed by atoms with Crippen LogP contribution < -0.4 is 5.73 Å². The number of alkyl halides is 1. The summed E-state index contributed by atoms with van der Waals surface area (Å²) in [6, 6.07) is 0.480. The minimum Gasteiger partial charge on any atom is -0.327 e. The average Bonchev–Trinajstić information content (AvgIpc) is 1.96. The van der Waals surface area contributed by atoms with Crippen molar-refractivity contribution in [1.29, 1.82) is 0 Å². The van der Waals surface area contributed by atoms with E-state index in [4.69, 9.17) is 17.3 Å². The molecule has 2 heteroatoms. The van der Waals surface area contributed by atoms with Crippen molar-refractivity contribution < 1.29 is 0 Å². The molecule has 4 bridgehead atoms. The van der Waals surface area contributed by atoms with Crippen LogP contribution in [-0.4, -0.2) is 10.9 Å². The van der Waals surface area contributed by atoms with Crippen LogP contribution in [0.5, 0.6) is 0 Å². The Morgan fingerprint density at radius 2 is 1.67 bits per heavy atom. The van der Waals surface area contributed by atoms with Crippen LogP contribution in [0.3, 0.4) is 0 Å². The van der Waals surface area contributed by atoms with E-state index in [1.54, 1.807) is 0 Å². The van der Waals surface area contributed by atoms with Crippen molar-refractivity contribution in [2.24, 2.45) is 23.5 Å². The minimum atomic E-state index is 0.173. The number of halogens is 1. The quantitative estimate of drug-likeness (QED) is 0.575. The largest absolute Gasteiger partial charge is 0.327 e. The molecule has 0 spiro atoms. The summed E-state index contributed by atoms with van der Waals surface area (Å²) in [6.45, 7) is 0. The summed E-state index contributed by atoms with van der Waals surface area (Å²) in [7, 11) is 0. The molecule has 5 atom stereocenters. The van der Waals surface area contributed by atoms with Gasteiger partial charge in [-0.15, -0.1) is 11.6 Å². The van der Waals surface area contributed by atoms with Crippen LogP contribution in [0, 0.1) is 17.8 Å². The van der Waals surface area contributed by atoms with Crippen molar-refractivity contribution in [3.63, 3.8) is 0 Å². The lowest BCUT2D eigenvalue weighted by molar-refractivity contribution is 0.0144. The lowest BCUT2D eigenvalue weighted by Gasteiger charge is -2.56. The van der Waals surface area contributed by atoms with E-state index < -0.39 is 0 Å². The molecule has 1 nitrogen and oxygen atoms in total. The van der Waals surface area contributed by atoms with Crippen LogP contribution in [0.25, 0.3) is 0 Å². The Balaban J connectivity index is 1.95. The maximum Gasteiger partial charge on any atom is 0.0456 e. The van der Waals surface area contributed by atoms with Crippen LogP contribution in [-0.2, 0) is 0 Å². The third-order valence-corrected chi connectivity index (χ3v) is 4.73. The summed E-state index contributed by atoms with van der Waals surface area (Å²) in [5, 5.41) is 0. The zero-order valence-corrected chi connectivity index (χ0v) is 8.06. The molecule has 0 aromatic carbocycles. The maximum atomic E-state index is 6.54. The Labute approximate surface area is 78.6 Å². The monoisotopic (exact) mass is 185 g/mol. The molecule has 0 heterocycles. The lowest BCUT2D eigenvalue weighted by atomic mass is 9.54. The Bertz CT molecular complexity index is 200. The van der Waals surface area contributed by atoms with Gasteiger partial charge in [-0.2, -0.15) is 0 Å². The van der Waals surface area contributed by atoms with Crippen molar-refractivity contribution in [3.8, 4) is 0 Å². The molecule has 4 fully saturated rings. The molecule has 4 rings (SSSR count). The summed E-state index contributed by atoms with van der Waals surface area (Å²) in [5.41, 5.74) is 6.17. The van der Waals surface area contributed by atoms with Crippen LogP contribution in [0.4, 0.5) is 0 Å². The molecule has 0 aromatic rings. The highest BCUT2D eigenvalue weighted by Gasteiger charge is 2.53. The highest BCUT2D eigenvalue weighted by atomic mass is 35.5. The summed E-state index contributed by atoms with van der Waals surface area (Å²) in [5.74, 6) is 2.43. The maximum absolute atomic E-state index is 6.54. The Morgan fingerprint density at radius 3 is 2.17 bits per heavy atom. The second-order valence-electron chi connectivity index (χ2n) is 5.20. The molecule has 0 aromatic heterocycles. The minimum absolute atomic E-state index is 0.173. The molecule has 0 radical (unpaired) electrons. The van der Waals surface area contributed by atoms with Gasteiger partial charge < -0.3 is 5.73 Å². The Kier molecular flexibility index (Phi) is 1.39. The fraction of sp³-hybridized carbons (Fsp3) is 1.00. The van der Waals surface area contributed by atoms with E-state index in [0.29, 0.717) is 6.04 Å². The number of nitrogens with two attached hydrogens (primary N) is 1. The third kappa shape index (κ3) is 0.898. The molecule has 0 amide bonds. The Morgan fingerprint density at radius 1 is 1.08 bits per heavy atom. The SMILES string of the molecule is NC1[C@@H]2CC3C[C@H]1CC(Cl)(C3)C2. The topological polar surface area (TPSA) is 26.0 Å². The van der Waals surface area contributed by atoms with E-state index in [2.05, 4.69) is 0 Å². The molecule has 4 saturated carbocycles. The smallest absolute Gasteiger partial charge is 0.0456 e. The highest BCUT2D eigenvalue weighted by Crippen LogP contribution is 2.57. The molecular weight excluding hydrogens is 170 g/mol. The molecule has 2 N–H and O–H groups in total.